The molecule has 0 saturated heterocycles. The molecule has 11 heteroatoms. The van der Waals surface area contributed by atoms with Gasteiger partial charge in [-0.1, -0.05) is 0 Å². The van der Waals surface area contributed by atoms with Crippen molar-refractivity contribution in [1.82, 2.24) is 0 Å². The van der Waals surface area contributed by atoms with E-state index >= 15 is 0 Å². The molecule has 0 rings (SSSR count). The second-order valence-corrected chi connectivity index (χ2v) is 2.33. The Morgan fingerprint density at radius 2 is 1.08 bits per heavy atom. The third kappa shape index (κ3) is 10.5. The van der Waals surface area contributed by atoms with Gasteiger partial charge >= 0.3 is 15.6 Å². The van der Waals surface area contributed by atoms with E-state index in [9.17, 15) is 13.2 Å². The molecule has 0 aromatic heterocycles. The second kappa shape index (κ2) is 8.07. The Bertz CT molecular complexity index is 172. The van der Waals surface area contributed by atoms with Crippen LogP contribution in [-0.4, -0.2) is 34.9 Å². The molecule has 0 spiro atoms. The molecule has 0 aliphatic rings. The van der Waals surface area contributed by atoms with E-state index in [2.05, 4.69) is 0 Å². The molecule has 0 aliphatic heterocycles. The summed E-state index contributed by atoms with van der Waals surface area (Å²) in [5.41, 5.74) is -5.53. The molecule has 0 bridgehead atoms. The summed E-state index contributed by atoms with van der Waals surface area (Å²) in [5, 5.41) is 0. The third-order valence-corrected chi connectivity index (χ3v) is 0.877. The predicted molar refractivity (Wildman–Crippen MR) is 28.4 cm³/mol. The fourth-order valence-electron chi connectivity index (χ4n) is 0. The Balaban J connectivity index is -0.0000000408. The fraction of sp³-hybridized carbons (Fsp3) is 1.00. The van der Waals surface area contributed by atoms with Gasteiger partial charge < -0.3 is 16.4 Å². The van der Waals surface area contributed by atoms with E-state index in [4.69, 9.17) is 13.0 Å². The van der Waals surface area contributed by atoms with E-state index < -0.39 is 15.6 Å². The van der Waals surface area contributed by atoms with Crippen LogP contribution in [0.1, 0.15) is 0 Å². The molecule has 77 valence electrons. The second-order valence-electron chi connectivity index (χ2n) is 0.921. The van der Waals surface area contributed by atoms with Crippen LogP contribution < -0.4 is 0 Å². The Kier molecular flexibility index (Phi) is 19.8. The Morgan fingerprint density at radius 3 is 1.08 bits per heavy atom. The molecule has 12 heavy (non-hydrogen) atoms. The first-order chi connectivity index (χ1) is 3.25. The zero-order valence-electron chi connectivity index (χ0n) is 5.38. The molecule has 0 atom stereocenters. The molecule has 0 saturated carbocycles. The van der Waals surface area contributed by atoms with Crippen LogP contribution in [0.25, 0.3) is 0 Å². The molecule has 6 nitrogen and oxygen atoms in total. The van der Waals surface area contributed by atoms with Gasteiger partial charge in [0.2, 0.25) is 0 Å². The fourth-order valence-corrected chi connectivity index (χ4v) is 0. The molecule has 0 aromatic carbocycles. The number of halogens is 3. The van der Waals surface area contributed by atoms with Gasteiger partial charge in [0.1, 0.15) is 0 Å². The van der Waals surface area contributed by atoms with Gasteiger partial charge in [-0.3, -0.25) is 4.55 Å². The number of hydrogen-bond donors (Lipinski definition) is 1. The summed E-state index contributed by atoms with van der Waals surface area (Å²) in [6.45, 7) is 0. The van der Waals surface area contributed by atoms with Crippen molar-refractivity contribution < 1.29 is 68.4 Å². The molecule has 7 N–H and O–H groups in total. The normalized spacial score (nSPS) is 9.33. The maximum absolute atomic E-state index is 10.7. The number of hydrogen-bond acceptors (Lipinski definition) is 2. The Hall–Kier alpha value is 0.450. The molecule has 0 fully saturated rings. The van der Waals surface area contributed by atoms with Crippen LogP contribution in [0.3, 0.4) is 0 Å². The van der Waals surface area contributed by atoms with Crippen LogP contribution in [0, 0.1) is 0 Å². The summed E-state index contributed by atoms with van der Waals surface area (Å²) in [5.74, 6) is 0. The summed E-state index contributed by atoms with van der Waals surface area (Å²) in [6, 6.07) is 0. The van der Waals surface area contributed by atoms with Crippen molar-refractivity contribution in [2.24, 2.45) is 0 Å². The SMILES string of the molecule is O.O.O.O=S(=O)(O)C(F)(F)F.[Sc]. The minimum atomic E-state index is -5.84. The molecule has 0 amide bonds. The minimum absolute atomic E-state index is 0. The Morgan fingerprint density at radius 1 is 1.00 bits per heavy atom. The van der Waals surface area contributed by atoms with Crippen LogP contribution in [0.5, 0.6) is 0 Å². The standard InChI is InChI=1S/CHF3O3S.3H2O.Sc/c2-1(3,4)8(5,6)7;;;;/h(H,5,6,7);3*1H2;. The number of rotatable bonds is 0. The quantitative estimate of drug-likeness (QED) is 0.387. The van der Waals surface area contributed by atoms with Gasteiger partial charge in [0.05, 0.1) is 0 Å². The first kappa shape index (κ1) is 29.4. The van der Waals surface area contributed by atoms with Crippen molar-refractivity contribution in [2.75, 3.05) is 0 Å². The van der Waals surface area contributed by atoms with Gasteiger partial charge in [0, 0.05) is 25.8 Å². The van der Waals surface area contributed by atoms with Gasteiger partial charge in [0.25, 0.3) is 0 Å². The summed E-state index contributed by atoms with van der Waals surface area (Å²) in [4.78, 5) is 0. The van der Waals surface area contributed by atoms with Crippen molar-refractivity contribution in [3.05, 3.63) is 0 Å². The van der Waals surface area contributed by atoms with Crippen LogP contribution in [0.15, 0.2) is 0 Å². The van der Waals surface area contributed by atoms with Gasteiger partial charge in [-0.2, -0.15) is 21.6 Å². The van der Waals surface area contributed by atoms with Crippen molar-refractivity contribution in [3.63, 3.8) is 0 Å². The average molecular weight is 249 g/mol. The van der Waals surface area contributed by atoms with Crippen LogP contribution in [0.2, 0.25) is 0 Å². The van der Waals surface area contributed by atoms with Crippen LogP contribution in [0.4, 0.5) is 13.2 Å². The Labute approximate surface area is 84.2 Å². The third-order valence-electron chi connectivity index (χ3n) is 0.292. The predicted octanol–water partition coefficient (Wildman–Crippen LogP) is -2.08. The van der Waals surface area contributed by atoms with E-state index in [0.29, 0.717) is 0 Å². The monoisotopic (exact) mass is 249 g/mol. The van der Waals surface area contributed by atoms with Gasteiger partial charge in [-0.15, -0.1) is 0 Å². The van der Waals surface area contributed by atoms with E-state index in [1.807, 2.05) is 0 Å². The zero-order chi connectivity index (χ0) is 7.00. The van der Waals surface area contributed by atoms with Gasteiger partial charge in [-0.05, 0) is 0 Å². The molecule has 1 radical (unpaired) electrons. The van der Waals surface area contributed by atoms with E-state index in [1.54, 1.807) is 0 Å². The van der Waals surface area contributed by atoms with Gasteiger partial charge in [-0.25, -0.2) is 0 Å². The smallest absolute Gasteiger partial charge is 0.412 e. The van der Waals surface area contributed by atoms with Crippen molar-refractivity contribution >= 4 is 10.1 Å². The number of alkyl halides is 3. The molecule has 0 aliphatic carbocycles. The maximum Gasteiger partial charge on any atom is 0.522 e. The summed E-state index contributed by atoms with van der Waals surface area (Å²) in [6.07, 6.45) is 0. The first-order valence-electron chi connectivity index (χ1n) is 1.29. The molecule has 0 heterocycles. The molecular weight excluding hydrogens is 242 g/mol. The topological polar surface area (TPSA) is 149 Å². The van der Waals surface area contributed by atoms with Gasteiger partial charge in [0.15, 0.2) is 0 Å². The van der Waals surface area contributed by atoms with Crippen LogP contribution >= 0.6 is 0 Å². The maximum atomic E-state index is 10.7. The van der Waals surface area contributed by atoms with Crippen molar-refractivity contribution in [1.29, 1.82) is 0 Å². The molecule has 0 aromatic rings. The average Bonchev–Trinajstić information content (AvgIpc) is 1.25. The minimum Gasteiger partial charge on any atom is -0.412 e. The summed E-state index contributed by atoms with van der Waals surface area (Å²) >= 11 is 0. The van der Waals surface area contributed by atoms with Crippen LogP contribution in [-0.2, 0) is 36.0 Å². The van der Waals surface area contributed by atoms with Crippen molar-refractivity contribution in [3.8, 4) is 0 Å². The van der Waals surface area contributed by atoms with E-state index in [-0.39, 0.29) is 42.3 Å². The molecular formula is CH7F3O6SSc. The van der Waals surface area contributed by atoms with Crippen molar-refractivity contribution in [2.45, 2.75) is 5.51 Å². The first-order valence-corrected chi connectivity index (χ1v) is 2.73. The van der Waals surface area contributed by atoms with E-state index in [1.165, 1.54) is 0 Å². The van der Waals surface area contributed by atoms with E-state index in [0.717, 1.165) is 0 Å². The zero-order valence-corrected chi connectivity index (χ0v) is 8.00. The summed E-state index contributed by atoms with van der Waals surface area (Å²) in [7, 11) is -5.84. The summed E-state index contributed by atoms with van der Waals surface area (Å²) < 4.78 is 57.5. The largest absolute Gasteiger partial charge is 0.522 e. The molecule has 0 unspecified atom stereocenters.